The van der Waals surface area contributed by atoms with Gasteiger partial charge in [-0.2, -0.15) is 0 Å². The third kappa shape index (κ3) is 5.47. The highest BCUT2D eigenvalue weighted by Gasteiger charge is 2.11. The number of halogens is 1. The molecule has 1 heterocycles. The van der Waals surface area contributed by atoms with Gasteiger partial charge in [-0.15, -0.1) is 0 Å². The third-order valence-corrected chi connectivity index (χ3v) is 3.91. The van der Waals surface area contributed by atoms with Crippen LogP contribution in [0.3, 0.4) is 0 Å². The van der Waals surface area contributed by atoms with Crippen LogP contribution in [-0.4, -0.2) is 20.6 Å². The molecule has 0 amide bonds. The molecule has 7 heteroatoms. The van der Waals surface area contributed by atoms with Gasteiger partial charge >= 0.3 is 5.13 Å². The van der Waals surface area contributed by atoms with Gasteiger partial charge in [-0.25, -0.2) is 4.57 Å². The lowest BCUT2D eigenvalue weighted by Crippen LogP contribution is -3.00. The van der Waals surface area contributed by atoms with Crippen LogP contribution in [-0.2, 0) is 6.54 Å². The second-order valence-corrected chi connectivity index (χ2v) is 5.86. The van der Waals surface area contributed by atoms with Crippen LogP contribution >= 0.6 is 11.3 Å². The number of aromatic nitrogens is 1. The highest BCUT2D eigenvalue weighted by Crippen LogP contribution is 2.21. The molecule has 0 bridgehead atoms. The molecule has 120 valence electrons. The molecule has 0 radical (unpaired) electrons. The number of unbranched alkanes of at least 4 members (excludes halogenated alkanes) is 1. The zero-order valence-electron chi connectivity index (χ0n) is 12.9. The average Bonchev–Trinajstić information content (AvgIpc) is 2.93. The van der Waals surface area contributed by atoms with Crippen LogP contribution in [0, 0.1) is 0 Å². The predicted molar refractivity (Wildman–Crippen MR) is 87.7 cm³/mol. The summed E-state index contributed by atoms with van der Waals surface area (Å²) in [5.74, 6) is 0. The number of hydrogen-bond acceptors (Lipinski definition) is 5. The van der Waals surface area contributed by atoms with Gasteiger partial charge in [0.1, 0.15) is 11.9 Å². The van der Waals surface area contributed by atoms with E-state index in [9.17, 15) is 0 Å². The van der Waals surface area contributed by atoms with Crippen LogP contribution in [0.2, 0.25) is 0 Å². The van der Waals surface area contributed by atoms with Crippen molar-refractivity contribution in [2.75, 3.05) is 25.5 Å². The van der Waals surface area contributed by atoms with Crippen molar-refractivity contribution in [3.63, 3.8) is 0 Å². The van der Waals surface area contributed by atoms with Crippen LogP contribution in [0.15, 0.2) is 46.1 Å². The monoisotopic (exact) mass is 383 g/mol. The summed E-state index contributed by atoms with van der Waals surface area (Å²) in [5, 5.41) is 11.6. The number of nitrogens with zero attached hydrogens (tertiary/aromatic N) is 4. The van der Waals surface area contributed by atoms with E-state index in [1.54, 1.807) is 11.3 Å². The van der Waals surface area contributed by atoms with Crippen molar-refractivity contribution in [1.82, 2.24) is 0 Å². The maximum atomic E-state index is 5.52. The van der Waals surface area contributed by atoms with E-state index in [0.29, 0.717) is 0 Å². The third-order valence-electron chi connectivity index (χ3n) is 3.13. The Kier molecular flexibility index (Phi) is 8.22. The first-order chi connectivity index (χ1) is 10.2. The molecule has 0 aliphatic rings. The van der Waals surface area contributed by atoms with Crippen molar-refractivity contribution < 1.29 is 21.5 Å². The summed E-state index contributed by atoms with van der Waals surface area (Å²) < 4.78 is 2.12. The van der Waals surface area contributed by atoms with Crippen molar-refractivity contribution in [3.8, 4) is 0 Å². The lowest BCUT2D eigenvalue weighted by atomic mass is 10.3. The number of nitrogens with two attached hydrogens (primary N) is 1. The van der Waals surface area contributed by atoms with Crippen LogP contribution in [0.5, 0.6) is 0 Å². The number of aryl methyl sites for hydroxylation is 1. The average molecular weight is 384 g/mol. The molecule has 2 aromatic rings. The van der Waals surface area contributed by atoms with E-state index in [-0.39, 0.29) is 17.0 Å². The molecule has 0 saturated heterocycles. The molecule has 0 fully saturated rings. The zero-order valence-corrected chi connectivity index (χ0v) is 15.3. The van der Waals surface area contributed by atoms with Crippen LogP contribution in [0.25, 0.3) is 0 Å². The first-order valence-electron chi connectivity index (χ1n) is 7.07. The molecular formula is C15H22BrN5S. The molecule has 2 N–H and O–H groups in total. The van der Waals surface area contributed by atoms with Crippen molar-refractivity contribution in [2.24, 2.45) is 16.0 Å². The number of thiazole rings is 1. The Bertz CT molecular complexity index is 580. The predicted octanol–water partition coefficient (Wildman–Crippen LogP) is 0.260. The number of hydrogen-bond donors (Lipinski definition) is 1. The van der Waals surface area contributed by atoms with Gasteiger partial charge in [0.15, 0.2) is 0 Å². The van der Waals surface area contributed by atoms with E-state index in [2.05, 4.69) is 19.7 Å². The quantitative estimate of drug-likeness (QED) is 0.423. The lowest BCUT2D eigenvalue weighted by Gasteiger charge is -2.11. The summed E-state index contributed by atoms with van der Waals surface area (Å²) >= 11 is 1.60. The standard InChI is InChI=1S/C15H22N5S.BrH/c1-19(2)14-7-5-13(6-8-14)17-18-15-20(11-12-21-15)10-4-3-9-16;/h5-8,11-12H,3-4,9-10,16H2,1-2H3;1H/q+1;/p-1. The topological polar surface area (TPSA) is 57.9 Å². The molecule has 0 unspecified atom stereocenters. The molecule has 1 aromatic carbocycles. The summed E-state index contributed by atoms with van der Waals surface area (Å²) in [6, 6.07) is 8.03. The zero-order chi connectivity index (χ0) is 15.1. The van der Waals surface area contributed by atoms with Crippen LogP contribution in [0.1, 0.15) is 12.8 Å². The Labute approximate surface area is 146 Å². The van der Waals surface area contributed by atoms with Crippen molar-refractivity contribution in [2.45, 2.75) is 19.4 Å². The van der Waals surface area contributed by atoms with Gasteiger partial charge in [-0.3, -0.25) is 0 Å². The summed E-state index contributed by atoms with van der Waals surface area (Å²) in [6.45, 7) is 1.67. The molecule has 0 aliphatic heterocycles. The fourth-order valence-corrected chi connectivity index (χ4v) is 2.60. The highest BCUT2D eigenvalue weighted by atomic mass is 79.9. The number of benzene rings is 1. The lowest BCUT2D eigenvalue weighted by molar-refractivity contribution is -0.680. The fraction of sp³-hybridized carbons (Fsp3) is 0.400. The van der Waals surface area contributed by atoms with Gasteiger partial charge in [0.05, 0.1) is 11.7 Å². The number of rotatable bonds is 7. The van der Waals surface area contributed by atoms with Crippen molar-refractivity contribution >= 4 is 27.8 Å². The Hall–Kier alpha value is -1.31. The first kappa shape index (κ1) is 18.7. The highest BCUT2D eigenvalue weighted by molar-refractivity contribution is 7.12. The molecule has 22 heavy (non-hydrogen) atoms. The Morgan fingerprint density at radius 2 is 1.86 bits per heavy atom. The Morgan fingerprint density at radius 3 is 2.50 bits per heavy atom. The number of anilines is 1. The van der Waals surface area contributed by atoms with E-state index in [0.717, 1.165) is 42.4 Å². The summed E-state index contributed by atoms with van der Waals surface area (Å²) in [4.78, 5) is 2.06. The first-order valence-corrected chi connectivity index (χ1v) is 7.95. The molecule has 5 nitrogen and oxygen atoms in total. The molecule has 0 saturated carbocycles. The molecule has 0 atom stereocenters. The van der Waals surface area contributed by atoms with Gasteiger partial charge in [0.2, 0.25) is 0 Å². The fourth-order valence-electron chi connectivity index (χ4n) is 1.89. The second kappa shape index (κ2) is 9.66. The second-order valence-electron chi connectivity index (χ2n) is 4.99. The molecular weight excluding hydrogens is 362 g/mol. The summed E-state index contributed by atoms with van der Waals surface area (Å²) in [5.41, 5.74) is 7.54. The van der Waals surface area contributed by atoms with Gasteiger partial charge < -0.3 is 27.6 Å². The Balaban J connectivity index is 0.00000242. The van der Waals surface area contributed by atoms with Gasteiger partial charge in [-0.05, 0) is 60.1 Å². The molecule has 0 spiro atoms. The minimum atomic E-state index is 0. The van der Waals surface area contributed by atoms with Gasteiger partial charge in [0, 0.05) is 25.2 Å². The molecule has 1 aromatic heterocycles. The van der Waals surface area contributed by atoms with E-state index in [4.69, 9.17) is 5.73 Å². The SMILES string of the molecule is CN(C)c1ccc(/N=N/c2scc[n+]2CCCCN)cc1.[Br-]. The maximum Gasteiger partial charge on any atom is 0.408 e. The summed E-state index contributed by atoms with van der Waals surface area (Å²) in [6.07, 6.45) is 4.15. The van der Waals surface area contributed by atoms with Crippen LogP contribution < -0.4 is 32.2 Å². The minimum Gasteiger partial charge on any atom is -1.00 e. The largest absolute Gasteiger partial charge is 1.00 e. The van der Waals surface area contributed by atoms with E-state index in [1.807, 2.05) is 49.9 Å². The van der Waals surface area contributed by atoms with E-state index < -0.39 is 0 Å². The Morgan fingerprint density at radius 1 is 1.14 bits per heavy atom. The normalized spacial score (nSPS) is 10.7. The van der Waals surface area contributed by atoms with Crippen molar-refractivity contribution in [3.05, 3.63) is 35.8 Å². The molecule has 2 rings (SSSR count). The smallest absolute Gasteiger partial charge is 0.408 e. The van der Waals surface area contributed by atoms with Gasteiger partial charge in [-0.1, -0.05) is 0 Å². The minimum absolute atomic E-state index is 0. The molecule has 0 aliphatic carbocycles. The van der Waals surface area contributed by atoms with Crippen molar-refractivity contribution in [1.29, 1.82) is 0 Å². The maximum absolute atomic E-state index is 5.52. The number of azo groups is 1. The van der Waals surface area contributed by atoms with Gasteiger partial charge in [0.25, 0.3) is 0 Å². The summed E-state index contributed by atoms with van der Waals surface area (Å²) in [7, 11) is 4.04. The van der Waals surface area contributed by atoms with E-state index in [1.165, 1.54) is 0 Å². The van der Waals surface area contributed by atoms with E-state index >= 15 is 0 Å². The van der Waals surface area contributed by atoms with Crippen LogP contribution in [0.4, 0.5) is 16.5 Å².